The SMILES string of the molecule is NC12C=CC(OC(=O)Cl)=CC1C2. The van der Waals surface area contributed by atoms with Crippen LogP contribution in [-0.4, -0.2) is 11.0 Å². The minimum absolute atomic E-state index is 0.178. The molecule has 0 bridgehead atoms. The molecule has 0 aromatic carbocycles. The number of rotatable bonds is 1. The monoisotopic (exact) mass is 185 g/mol. The fourth-order valence-corrected chi connectivity index (χ4v) is 1.47. The van der Waals surface area contributed by atoms with Crippen molar-refractivity contribution in [3.8, 4) is 0 Å². The molecule has 2 atom stereocenters. The average molecular weight is 186 g/mol. The molecule has 4 heteroatoms. The molecule has 0 spiro atoms. The van der Waals surface area contributed by atoms with E-state index in [9.17, 15) is 4.79 Å². The standard InChI is InChI=1S/C8H8ClNO2/c9-7(11)12-6-1-2-8(10)4-5(8)3-6/h1-3,5H,4,10H2. The summed E-state index contributed by atoms with van der Waals surface area (Å²) in [5.41, 5.74) is 4.85. The molecule has 2 aliphatic rings. The molecule has 3 nitrogen and oxygen atoms in total. The first-order chi connectivity index (χ1) is 5.60. The highest BCUT2D eigenvalue weighted by molar-refractivity contribution is 6.61. The lowest BCUT2D eigenvalue weighted by Crippen LogP contribution is -2.23. The normalized spacial score (nSPS) is 36.8. The third-order valence-corrected chi connectivity index (χ3v) is 2.30. The van der Waals surface area contributed by atoms with Crippen LogP contribution in [0.15, 0.2) is 24.0 Å². The second-order valence-electron chi connectivity index (χ2n) is 3.17. The largest absolute Gasteiger partial charge is 0.415 e. The predicted octanol–water partition coefficient (Wildman–Crippen LogP) is 1.53. The zero-order chi connectivity index (χ0) is 8.77. The van der Waals surface area contributed by atoms with Gasteiger partial charge in [0.1, 0.15) is 5.76 Å². The van der Waals surface area contributed by atoms with Crippen LogP contribution in [-0.2, 0) is 4.74 Å². The molecule has 2 N–H and O–H groups in total. The van der Waals surface area contributed by atoms with Crippen molar-refractivity contribution in [2.75, 3.05) is 0 Å². The zero-order valence-corrected chi connectivity index (χ0v) is 7.04. The average Bonchev–Trinajstić information content (AvgIpc) is 2.59. The number of carbonyl (C=O) groups is 1. The van der Waals surface area contributed by atoms with E-state index in [1.165, 1.54) is 0 Å². The van der Waals surface area contributed by atoms with Gasteiger partial charge in [0.15, 0.2) is 0 Å². The van der Waals surface area contributed by atoms with Crippen LogP contribution in [0.3, 0.4) is 0 Å². The first kappa shape index (κ1) is 7.83. The summed E-state index contributed by atoms with van der Waals surface area (Å²) in [5, 5.41) is 0. The number of carbonyl (C=O) groups excluding carboxylic acids is 1. The van der Waals surface area contributed by atoms with E-state index < -0.39 is 5.43 Å². The summed E-state index contributed by atoms with van der Waals surface area (Å²) >= 11 is 5.04. The molecule has 2 rings (SSSR count). The van der Waals surface area contributed by atoms with Crippen LogP contribution in [0, 0.1) is 5.92 Å². The number of fused-ring (bicyclic) bond motifs is 1. The van der Waals surface area contributed by atoms with E-state index in [1.54, 1.807) is 6.08 Å². The van der Waals surface area contributed by atoms with Crippen LogP contribution in [0.25, 0.3) is 0 Å². The Labute approximate surface area is 74.8 Å². The van der Waals surface area contributed by atoms with Gasteiger partial charge in [0.25, 0.3) is 0 Å². The Morgan fingerprint density at radius 1 is 1.83 bits per heavy atom. The van der Waals surface area contributed by atoms with E-state index >= 15 is 0 Å². The Hall–Kier alpha value is -0.800. The number of halogens is 1. The van der Waals surface area contributed by atoms with Crippen molar-refractivity contribution in [3.63, 3.8) is 0 Å². The van der Waals surface area contributed by atoms with Gasteiger partial charge in [-0.15, -0.1) is 0 Å². The molecule has 0 saturated heterocycles. The van der Waals surface area contributed by atoms with E-state index in [0.717, 1.165) is 6.42 Å². The molecule has 0 amide bonds. The van der Waals surface area contributed by atoms with Crippen LogP contribution in [0.2, 0.25) is 0 Å². The minimum Gasteiger partial charge on any atom is -0.415 e. The third kappa shape index (κ3) is 1.26. The zero-order valence-electron chi connectivity index (χ0n) is 6.29. The van der Waals surface area contributed by atoms with Crippen molar-refractivity contribution in [2.45, 2.75) is 12.0 Å². The van der Waals surface area contributed by atoms with Crippen LogP contribution in [0.5, 0.6) is 0 Å². The quantitative estimate of drug-likeness (QED) is 0.631. The van der Waals surface area contributed by atoms with Gasteiger partial charge in [-0.2, -0.15) is 0 Å². The van der Waals surface area contributed by atoms with Crippen LogP contribution in [0.1, 0.15) is 6.42 Å². The van der Waals surface area contributed by atoms with Crippen LogP contribution >= 0.6 is 11.6 Å². The first-order valence-corrected chi connectivity index (χ1v) is 4.05. The lowest BCUT2D eigenvalue weighted by Gasteiger charge is -2.09. The van der Waals surface area contributed by atoms with Gasteiger partial charge in [0.2, 0.25) is 0 Å². The highest BCUT2D eigenvalue weighted by Crippen LogP contribution is 2.46. The van der Waals surface area contributed by atoms with Gasteiger partial charge >= 0.3 is 5.43 Å². The fraction of sp³-hybridized carbons (Fsp3) is 0.375. The predicted molar refractivity (Wildman–Crippen MR) is 44.6 cm³/mol. The molecular formula is C8H8ClNO2. The second kappa shape index (κ2) is 2.34. The highest BCUT2D eigenvalue weighted by atomic mass is 35.5. The highest BCUT2D eigenvalue weighted by Gasteiger charge is 2.49. The van der Waals surface area contributed by atoms with E-state index in [0.29, 0.717) is 11.7 Å². The molecule has 0 aliphatic heterocycles. The van der Waals surface area contributed by atoms with E-state index in [1.807, 2.05) is 12.2 Å². The Morgan fingerprint density at radius 2 is 2.58 bits per heavy atom. The summed E-state index contributed by atoms with van der Waals surface area (Å²) in [7, 11) is 0. The van der Waals surface area contributed by atoms with Crippen LogP contribution in [0.4, 0.5) is 4.79 Å². The maximum absolute atomic E-state index is 10.3. The summed E-state index contributed by atoms with van der Waals surface area (Å²) in [6.45, 7) is 0. The van der Waals surface area contributed by atoms with E-state index in [2.05, 4.69) is 4.74 Å². The molecule has 1 fully saturated rings. The molecule has 64 valence electrons. The fourth-order valence-electron chi connectivity index (χ4n) is 1.38. The van der Waals surface area contributed by atoms with Gasteiger partial charge in [0.05, 0.1) is 0 Å². The Morgan fingerprint density at radius 3 is 3.17 bits per heavy atom. The summed E-state index contributed by atoms with van der Waals surface area (Å²) in [4.78, 5) is 10.3. The summed E-state index contributed by atoms with van der Waals surface area (Å²) in [5.74, 6) is 0.812. The minimum atomic E-state index is -0.809. The number of allylic oxidation sites excluding steroid dienone is 1. The summed E-state index contributed by atoms with van der Waals surface area (Å²) in [6.07, 6.45) is 6.30. The van der Waals surface area contributed by atoms with Crippen molar-refractivity contribution in [1.82, 2.24) is 0 Å². The molecule has 2 unspecified atom stereocenters. The molecule has 2 aliphatic carbocycles. The molecule has 12 heavy (non-hydrogen) atoms. The van der Waals surface area contributed by atoms with Gasteiger partial charge in [0, 0.05) is 23.1 Å². The maximum atomic E-state index is 10.3. The van der Waals surface area contributed by atoms with Crippen molar-refractivity contribution in [3.05, 3.63) is 24.0 Å². The lowest BCUT2D eigenvalue weighted by atomic mass is 10.1. The van der Waals surface area contributed by atoms with E-state index in [-0.39, 0.29) is 5.54 Å². The van der Waals surface area contributed by atoms with E-state index in [4.69, 9.17) is 17.3 Å². The number of ether oxygens (including phenoxy) is 1. The van der Waals surface area contributed by atoms with Crippen LogP contribution < -0.4 is 5.73 Å². The van der Waals surface area contributed by atoms with Gasteiger partial charge < -0.3 is 10.5 Å². The third-order valence-electron chi connectivity index (χ3n) is 2.23. The smallest absolute Gasteiger partial charge is 0.409 e. The lowest BCUT2D eigenvalue weighted by molar-refractivity contribution is 0.205. The Kier molecular flexibility index (Phi) is 1.53. The van der Waals surface area contributed by atoms with Crippen molar-refractivity contribution in [1.29, 1.82) is 0 Å². The van der Waals surface area contributed by atoms with Gasteiger partial charge in [-0.1, -0.05) is 6.08 Å². The van der Waals surface area contributed by atoms with Gasteiger partial charge in [-0.25, -0.2) is 4.79 Å². The molecular weight excluding hydrogens is 178 g/mol. The second-order valence-corrected chi connectivity index (χ2v) is 3.47. The summed E-state index contributed by atoms with van der Waals surface area (Å²) < 4.78 is 4.68. The van der Waals surface area contributed by atoms with Crippen molar-refractivity contribution in [2.24, 2.45) is 11.7 Å². The molecule has 0 heterocycles. The molecule has 0 aromatic rings. The van der Waals surface area contributed by atoms with Crippen molar-refractivity contribution >= 4 is 17.0 Å². The summed E-state index contributed by atoms with van der Waals surface area (Å²) in [6, 6.07) is 0. The number of hydrogen-bond acceptors (Lipinski definition) is 3. The van der Waals surface area contributed by atoms with Crippen molar-refractivity contribution < 1.29 is 9.53 Å². The maximum Gasteiger partial charge on any atom is 0.409 e. The number of hydrogen-bond donors (Lipinski definition) is 1. The number of nitrogens with two attached hydrogens (primary N) is 1. The van der Waals surface area contributed by atoms with Gasteiger partial charge in [-0.05, 0) is 18.6 Å². The molecule has 1 saturated carbocycles. The molecule has 0 radical (unpaired) electrons. The topological polar surface area (TPSA) is 52.3 Å². The Balaban J connectivity index is 2.08. The first-order valence-electron chi connectivity index (χ1n) is 3.67. The molecule has 0 aromatic heterocycles. The Bertz CT molecular complexity index is 297. The van der Waals surface area contributed by atoms with Gasteiger partial charge in [-0.3, -0.25) is 0 Å².